The summed E-state index contributed by atoms with van der Waals surface area (Å²) in [5.41, 5.74) is 0.695. The van der Waals surface area contributed by atoms with Gasteiger partial charge < -0.3 is 4.18 Å². The molecule has 8 heteroatoms. The molecule has 0 saturated carbocycles. The van der Waals surface area contributed by atoms with Crippen LogP contribution in [0, 0.1) is 6.92 Å². The maximum Gasteiger partial charge on any atom is 0.339 e. The van der Waals surface area contributed by atoms with Crippen molar-refractivity contribution in [3.05, 3.63) is 54.1 Å². The molecule has 1 fully saturated rings. The van der Waals surface area contributed by atoms with Gasteiger partial charge in [-0.3, -0.25) is 0 Å². The third kappa shape index (κ3) is 3.92. The van der Waals surface area contributed by atoms with Crippen molar-refractivity contribution in [2.45, 2.75) is 36.0 Å². The summed E-state index contributed by atoms with van der Waals surface area (Å²) in [5, 5.41) is 0. The number of piperidine rings is 1. The van der Waals surface area contributed by atoms with Crippen LogP contribution in [0.4, 0.5) is 0 Å². The van der Waals surface area contributed by atoms with Crippen molar-refractivity contribution in [3.8, 4) is 5.75 Å². The molecule has 0 radical (unpaired) electrons. The highest BCUT2D eigenvalue weighted by molar-refractivity contribution is 7.89. The number of hydrogen-bond donors (Lipinski definition) is 0. The van der Waals surface area contributed by atoms with Crippen LogP contribution in [0.15, 0.2) is 58.3 Å². The Morgan fingerprint density at radius 1 is 0.808 bits per heavy atom. The maximum absolute atomic E-state index is 12.6. The van der Waals surface area contributed by atoms with E-state index in [-0.39, 0.29) is 15.5 Å². The van der Waals surface area contributed by atoms with Crippen molar-refractivity contribution < 1.29 is 21.0 Å². The Morgan fingerprint density at radius 3 is 2.00 bits per heavy atom. The minimum atomic E-state index is -4.03. The SMILES string of the molecule is Cc1ccccc1OS(=O)(=O)c1ccc(S(=O)(=O)N2CCCCC2)cc1. The van der Waals surface area contributed by atoms with Crippen LogP contribution in [0.5, 0.6) is 5.75 Å². The smallest absolute Gasteiger partial charge is 0.339 e. The predicted molar refractivity (Wildman–Crippen MR) is 98.0 cm³/mol. The summed E-state index contributed by atoms with van der Waals surface area (Å²) in [7, 11) is -7.62. The zero-order valence-electron chi connectivity index (χ0n) is 14.5. The second-order valence-corrected chi connectivity index (χ2v) is 9.72. The Morgan fingerprint density at radius 2 is 1.38 bits per heavy atom. The van der Waals surface area contributed by atoms with Crippen LogP contribution >= 0.6 is 0 Å². The Bertz CT molecular complexity index is 976. The Labute approximate surface area is 154 Å². The normalized spacial score (nSPS) is 16.3. The molecule has 1 aliphatic heterocycles. The van der Waals surface area contributed by atoms with Gasteiger partial charge in [-0.1, -0.05) is 24.6 Å². The minimum absolute atomic E-state index is 0.0849. The first-order valence-corrected chi connectivity index (χ1v) is 11.3. The van der Waals surface area contributed by atoms with Gasteiger partial charge in [0.25, 0.3) is 0 Å². The monoisotopic (exact) mass is 395 g/mol. The number of benzene rings is 2. The van der Waals surface area contributed by atoms with Crippen LogP contribution in [-0.2, 0) is 20.1 Å². The van der Waals surface area contributed by atoms with E-state index in [1.807, 2.05) is 0 Å². The maximum atomic E-state index is 12.6. The first-order valence-electron chi connectivity index (χ1n) is 8.41. The second kappa shape index (κ2) is 7.38. The van der Waals surface area contributed by atoms with Gasteiger partial charge in [-0.05, 0) is 55.7 Å². The molecule has 26 heavy (non-hydrogen) atoms. The molecule has 0 spiro atoms. The number of sulfonamides is 1. The van der Waals surface area contributed by atoms with Crippen molar-refractivity contribution in [3.63, 3.8) is 0 Å². The number of rotatable bonds is 5. The van der Waals surface area contributed by atoms with Crippen molar-refractivity contribution >= 4 is 20.1 Å². The summed E-state index contributed by atoms with van der Waals surface area (Å²) in [6, 6.07) is 12.0. The molecule has 2 aromatic rings. The van der Waals surface area contributed by atoms with E-state index in [0.717, 1.165) is 19.3 Å². The van der Waals surface area contributed by atoms with E-state index in [2.05, 4.69) is 0 Å². The lowest BCUT2D eigenvalue weighted by molar-refractivity contribution is 0.346. The van der Waals surface area contributed by atoms with Crippen LogP contribution in [0.3, 0.4) is 0 Å². The molecule has 1 aliphatic rings. The lowest BCUT2D eigenvalue weighted by Gasteiger charge is -2.25. The summed E-state index contributed by atoms with van der Waals surface area (Å²) in [6.07, 6.45) is 2.71. The average molecular weight is 396 g/mol. The Hall–Kier alpha value is -1.90. The van der Waals surface area contributed by atoms with Gasteiger partial charge in [0.05, 0.1) is 4.90 Å². The molecular formula is C18H21NO5S2. The van der Waals surface area contributed by atoms with Crippen molar-refractivity contribution in [1.82, 2.24) is 4.31 Å². The highest BCUT2D eigenvalue weighted by Crippen LogP contribution is 2.25. The molecule has 1 heterocycles. The van der Waals surface area contributed by atoms with Crippen LogP contribution in [0.2, 0.25) is 0 Å². The van der Waals surface area contributed by atoms with Gasteiger partial charge in [0.2, 0.25) is 10.0 Å². The van der Waals surface area contributed by atoms with E-state index in [4.69, 9.17) is 4.18 Å². The van der Waals surface area contributed by atoms with Gasteiger partial charge in [0.1, 0.15) is 10.6 Å². The molecule has 6 nitrogen and oxygen atoms in total. The molecule has 0 bridgehead atoms. The van der Waals surface area contributed by atoms with E-state index in [1.165, 1.54) is 28.6 Å². The Kier molecular flexibility index (Phi) is 5.36. The minimum Gasteiger partial charge on any atom is -0.379 e. The number of nitrogens with zero attached hydrogens (tertiary/aromatic N) is 1. The van der Waals surface area contributed by atoms with E-state index < -0.39 is 20.1 Å². The fraction of sp³-hybridized carbons (Fsp3) is 0.333. The average Bonchev–Trinajstić information content (AvgIpc) is 2.64. The Balaban J connectivity index is 1.83. The van der Waals surface area contributed by atoms with E-state index >= 15 is 0 Å². The fourth-order valence-corrected chi connectivity index (χ4v) is 5.35. The van der Waals surface area contributed by atoms with Gasteiger partial charge in [0.15, 0.2) is 0 Å². The van der Waals surface area contributed by atoms with Gasteiger partial charge >= 0.3 is 10.1 Å². The summed E-state index contributed by atoms with van der Waals surface area (Å²) >= 11 is 0. The molecule has 0 atom stereocenters. The molecule has 2 aromatic carbocycles. The highest BCUT2D eigenvalue weighted by Gasteiger charge is 2.26. The number of hydrogen-bond acceptors (Lipinski definition) is 5. The molecule has 140 valence electrons. The van der Waals surface area contributed by atoms with Crippen LogP contribution in [0.1, 0.15) is 24.8 Å². The largest absolute Gasteiger partial charge is 0.379 e. The summed E-state index contributed by atoms with van der Waals surface area (Å²) in [5.74, 6) is 0.248. The van der Waals surface area contributed by atoms with Crippen LogP contribution in [-0.4, -0.2) is 34.2 Å². The number of para-hydroxylation sites is 1. The van der Waals surface area contributed by atoms with Crippen LogP contribution < -0.4 is 4.18 Å². The third-order valence-electron chi connectivity index (χ3n) is 4.36. The van der Waals surface area contributed by atoms with Gasteiger partial charge in [0, 0.05) is 13.1 Å². The van der Waals surface area contributed by atoms with Crippen LogP contribution in [0.25, 0.3) is 0 Å². The predicted octanol–water partition coefficient (Wildman–Crippen LogP) is 2.94. The van der Waals surface area contributed by atoms with Crippen molar-refractivity contribution in [2.75, 3.05) is 13.1 Å². The fourth-order valence-electron chi connectivity index (χ4n) is 2.85. The zero-order chi connectivity index (χ0) is 18.8. The summed E-state index contributed by atoms with van der Waals surface area (Å²) < 4.78 is 56.7. The lowest BCUT2D eigenvalue weighted by Crippen LogP contribution is -2.35. The van der Waals surface area contributed by atoms with Gasteiger partial charge in [-0.2, -0.15) is 12.7 Å². The molecule has 0 aliphatic carbocycles. The quantitative estimate of drug-likeness (QED) is 0.727. The van der Waals surface area contributed by atoms with E-state index in [0.29, 0.717) is 18.7 Å². The highest BCUT2D eigenvalue weighted by atomic mass is 32.2. The van der Waals surface area contributed by atoms with Gasteiger partial charge in [-0.25, -0.2) is 8.42 Å². The first kappa shape index (κ1) is 18.9. The molecule has 3 rings (SSSR count). The summed E-state index contributed by atoms with van der Waals surface area (Å²) in [4.78, 5) is 0.00703. The van der Waals surface area contributed by atoms with Gasteiger partial charge in [-0.15, -0.1) is 0 Å². The molecule has 0 amide bonds. The van der Waals surface area contributed by atoms with Crippen molar-refractivity contribution in [2.24, 2.45) is 0 Å². The second-order valence-electron chi connectivity index (χ2n) is 6.24. The lowest BCUT2D eigenvalue weighted by atomic mass is 10.2. The van der Waals surface area contributed by atoms with Crippen molar-refractivity contribution in [1.29, 1.82) is 0 Å². The van der Waals surface area contributed by atoms with E-state index in [9.17, 15) is 16.8 Å². The first-order chi connectivity index (χ1) is 12.3. The molecule has 1 saturated heterocycles. The standard InChI is InChI=1S/C18H21NO5S2/c1-15-7-3-4-8-18(15)24-26(22,23)17-11-9-16(10-12-17)25(20,21)19-13-5-2-6-14-19/h3-4,7-12H,2,5-6,13-14H2,1H3. The zero-order valence-corrected chi connectivity index (χ0v) is 16.1. The third-order valence-corrected chi connectivity index (χ3v) is 7.52. The molecule has 0 aromatic heterocycles. The topological polar surface area (TPSA) is 80.8 Å². The van der Waals surface area contributed by atoms with E-state index in [1.54, 1.807) is 31.2 Å². The number of aryl methyl sites for hydroxylation is 1. The summed E-state index contributed by atoms with van der Waals surface area (Å²) in [6.45, 7) is 2.75. The molecular weight excluding hydrogens is 374 g/mol. The molecule has 0 unspecified atom stereocenters. The molecule has 0 N–H and O–H groups in total.